The second kappa shape index (κ2) is 6.93. The lowest BCUT2D eigenvalue weighted by Crippen LogP contribution is -2.47. The van der Waals surface area contributed by atoms with Gasteiger partial charge in [0.15, 0.2) is 0 Å². The minimum Gasteiger partial charge on any atom is -0.299 e. The molecule has 0 bridgehead atoms. The zero-order valence-corrected chi connectivity index (χ0v) is 12.2. The fraction of sp³-hybridized carbons (Fsp3) is 0.600. The van der Waals surface area contributed by atoms with Crippen molar-refractivity contribution in [3.05, 3.63) is 24.4 Å². The Kier molecular flexibility index (Phi) is 5.24. The molecule has 19 heavy (non-hydrogen) atoms. The first kappa shape index (κ1) is 14.4. The van der Waals surface area contributed by atoms with Gasteiger partial charge in [-0.15, -0.1) is 11.8 Å². The molecule has 1 aromatic heterocycles. The van der Waals surface area contributed by atoms with Crippen molar-refractivity contribution in [2.24, 2.45) is 5.92 Å². The van der Waals surface area contributed by atoms with Crippen molar-refractivity contribution < 1.29 is 0 Å². The summed E-state index contributed by atoms with van der Waals surface area (Å²) in [6.45, 7) is 2.95. The second-order valence-corrected chi connectivity index (χ2v) is 6.12. The van der Waals surface area contributed by atoms with E-state index in [1.165, 1.54) is 12.8 Å². The van der Waals surface area contributed by atoms with E-state index in [2.05, 4.69) is 23.3 Å². The van der Waals surface area contributed by atoms with Crippen molar-refractivity contribution in [1.82, 2.24) is 10.3 Å². The number of pyridine rings is 1. The van der Waals surface area contributed by atoms with Gasteiger partial charge in [-0.05, 0) is 49.6 Å². The molecule has 2 atom stereocenters. The van der Waals surface area contributed by atoms with Crippen LogP contribution in [0.1, 0.15) is 32.6 Å². The summed E-state index contributed by atoms with van der Waals surface area (Å²) in [7, 11) is 0. The Morgan fingerprint density at radius 1 is 1.58 bits per heavy atom. The number of rotatable bonds is 6. The maximum absolute atomic E-state index is 9.50. The lowest BCUT2D eigenvalue weighted by molar-refractivity contribution is 0.317. The highest BCUT2D eigenvalue weighted by molar-refractivity contribution is 7.99. The standard InChI is InChI=1S/C15H21N3S/c1-2-18-15(12-16)9-5-6-13(15)8-11-19-14-7-3-4-10-17-14/h3-4,7,10,13,18H,2,5-6,8-9,11H2,1H3. The van der Waals surface area contributed by atoms with Crippen LogP contribution in [0.2, 0.25) is 0 Å². The van der Waals surface area contributed by atoms with Gasteiger partial charge in [0, 0.05) is 6.20 Å². The van der Waals surface area contributed by atoms with E-state index in [1.54, 1.807) is 11.8 Å². The lowest BCUT2D eigenvalue weighted by Gasteiger charge is -2.29. The van der Waals surface area contributed by atoms with Crippen LogP contribution in [-0.4, -0.2) is 22.8 Å². The Balaban J connectivity index is 1.87. The van der Waals surface area contributed by atoms with Gasteiger partial charge < -0.3 is 0 Å². The van der Waals surface area contributed by atoms with Crippen LogP contribution >= 0.6 is 11.8 Å². The summed E-state index contributed by atoms with van der Waals surface area (Å²) in [6.07, 6.45) is 6.25. The number of aromatic nitrogens is 1. The summed E-state index contributed by atoms with van der Waals surface area (Å²) in [5.74, 6) is 1.52. The van der Waals surface area contributed by atoms with Gasteiger partial charge in [0.05, 0.1) is 11.1 Å². The monoisotopic (exact) mass is 275 g/mol. The highest BCUT2D eigenvalue weighted by atomic mass is 32.2. The van der Waals surface area contributed by atoms with Crippen molar-refractivity contribution >= 4 is 11.8 Å². The first-order valence-electron chi connectivity index (χ1n) is 7.01. The minimum atomic E-state index is -0.278. The van der Waals surface area contributed by atoms with Crippen LogP contribution in [0.3, 0.4) is 0 Å². The van der Waals surface area contributed by atoms with Crippen LogP contribution in [0.25, 0.3) is 0 Å². The molecule has 3 nitrogen and oxygen atoms in total. The molecule has 1 aliphatic carbocycles. The van der Waals surface area contributed by atoms with E-state index < -0.39 is 0 Å². The number of nitriles is 1. The highest BCUT2D eigenvalue weighted by Gasteiger charge is 2.41. The number of hydrogen-bond acceptors (Lipinski definition) is 4. The van der Waals surface area contributed by atoms with Gasteiger partial charge in [0.25, 0.3) is 0 Å². The molecule has 2 unspecified atom stereocenters. The van der Waals surface area contributed by atoms with Crippen molar-refractivity contribution in [3.8, 4) is 6.07 Å². The molecule has 1 aliphatic rings. The van der Waals surface area contributed by atoms with Gasteiger partial charge in [-0.3, -0.25) is 5.32 Å². The largest absolute Gasteiger partial charge is 0.299 e. The Labute approximate surface area is 119 Å². The van der Waals surface area contributed by atoms with Crippen LogP contribution < -0.4 is 5.32 Å². The predicted octanol–water partition coefficient (Wildman–Crippen LogP) is 3.24. The van der Waals surface area contributed by atoms with Crippen LogP contribution in [0, 0.1) is 17.2 Å². The summed E-state index contributed by atoms with van der Waals surface area (Å²) in [6, 6.07) is 8.54. The maximum Gasteiger partial charge on any atom is 0.109 e. The number of nitrogens with one attached hydrogen (secondary N) is 1. The molecule has 0 aromatic carbocycles. The topological polar surface area (TPSA) is 48.7 Å². The van der Waals surface area contributed by atoms with Crippen molar-refractivity contribution in [1.29, 1.82) is 5.26 Å². The van der Waals surface area contributed by atoms with Gasteiger partial charge in [-0.25, -0.2) is 4.98 Å². The van der Waals surface area contributed by atoms with Crippen LogP contribution in [0.4, 0.5) is 0 Å². The third-order valence-corrected chi connectivity index (χ3v) is 4.84. The summed E-state index contributed by atoms with van der Waals surface area (Å²) in [4.78, 5) is 4.32. The van der Waals surface area contributed by atoms with Gasteiger partial charge in [0.2, 0.25) is 0 Å². The number of nitrogens with zero attached hydrogens (tertiary/aromatic N) is 2. The van der Waals surface area contributed by atoms with Gasteiger partial charge in [-0.1, -0.05) is 19.4 Å². The van der Waals surface area contributed by atoms with Gasteiger partial charge >= 0.3 is 0 Å². The Morgan fingerprint density at radius 3 is 3.16 bits per heavy atom. The Bertz CT molecular complexity index is 429. The molecule has 1 heterocycles. The summed E-state index contributed by atoms with van der Waals surface area (Å²) < 4.78 is 0. The van der Waals surface area contributed by atoms with E-state index in [-0.39, 0.29) is 5.54 Å². The molecule has 1 aromatic rings. The molecule has 0 amide bonds. The molecule has 102 valence electrons. The molecule has 0 radical (unpaired) electrons. The number of hydrogen-bond donors (Lipinski definition) is 1. The third kappa shape index (κ3) is 3.49. The highest BCUT2D eigenvalue weighted by Crippen LogP contribution is 2.38. The predicted molar refractivity (Wildman–Crippen MR) is 78.9 cm³/mol. The molecular formula is C15H21N3S. The minimum absolute atomic E-state index is 0.278. The van der Waals surface area contributed by atoms with Gasteiger partial charge in [0.1, 0.15) is 5.54 Å². The van der Waals surface area contributed by atoms with Crippen molar-refractivity contribution in [2.45, 2.75) is 43.2 Å². The molecule has 0 saturated heterocycles. The molecule has 2 rings (SSSR count). The average Bonchev–Trinajstić information content (AvgIpc) is 2.84. The fourth-order valence-corrected chi connectivity index (χ4v) is 3.86. The van der Waals surface area contributed by atoms with E-state index in [0.717, 1.165) is 30.2 Å². The lowest BCUT2D eigenvalue weighted by atomic mass is 9.86. The summed E-state index contributed by atoms with van der Waals surface area (Å²) in [5, 5.41) is 14.0. The van der Waals surface area contributed by atoms with E-state index >= 15 is 0 Å². The average molecular weight is 275 g/mol. The summed E-state index contributed by atoms with van der Waals surface area (Å²) >= 11 is 1.79. The zero-order chi connectivity index (χ0) is 13.6. The van der Waals surface area contributed by atoms with E-state index in [9.17, 15) is 5.26 Å². The number of thioether (sulfide) groups is 1. The maximum atomic E-state index is 9.50. The van der Waals surface area contributed by atoms with Gasteiger partial charge in [-0.2, -0.15) is 5.26 Å². The molecule has 0 aliphatic heterocycles. The molecular weight excluding hydrogens is 254 g/mol. The molecule has 1 N–H and O–H groups in total. The first-order chi connectivity index (χ1) is 9.30. The van der Waals surface area contributed by atoms with Crippen molar-refractivity contribution in [3.63, 3.8) is 0 Å². The SMILES string of the molecule is CCNC1(C#N)CCCC1CCSc1ccccn1. The normalized spacial score (nSPS) is 26.2. The fourth-order valence-electron chi connectivity index (χ4n) is 2.94. The van der Waals surface area contributed by atoms with E-state index in [1.807, 2.05) is 24.4 Å². The van der Waals surface area contributed by atoms with Crippen molar-refractivity contribution in [2.75, 3.05) is 12.3 Å². The molecule has 4 heteroatoms. The summed E-state index contributed by atoms with van der Waals surface area (Å²) in [5.41, 5.74) is -0.278. The van der Waals surface area contributed by atoms with E-state index in [4.69, 9.17) is 0 Å². The third-order valence-electron chi connectivity index (χ3n) is 3.87. The second-order valence-electron chi connectivity index (χ2n) is 5.01. The zero-order valence-electron chi connectivity index (χ0n) is 11.4. The first-order valence-corrected chi connectivity index (χ1v) is 7.99. The molecule has 0 spiro atoms. The van der Waals surface area contributed by atoms with Crippen LogP contribution in [0.15, 0.2) is 29.4 Å². The smallest absolute Gasteiger partial charge is 0.109 e. The molecule has 1 saturated carbocycles. The Hall–Kier alpha value is -1.05. The van der Waals surface area contributed by atoms with E-state index in [0.29, 0.717) is 5.92 Å². The quantitative estimate of drug-likeness (QED) is 0.810. The molecule has 1 fully saturated rings. The Morgan fingerprint density at radius 2 is 2.47 bits per heavy atom. The van der Waals surface area contributed by atoms with Crippen LogP contribution in [-0.2, 0) is 0 Å². The van der Waals surface area contributed by atoms with Crippen LogP contribution in [0.5, 0.6) is 0 Å².